The maximum Gasteiger partial charge on any atom is 0.230 e. The number of rotatable bonds is 4. The topological polar surface area (TPSA) is 54.9 Å². The molecule has 0 bridgehead atoms. The minimum Gasteiger partial charge on any atom is -0.300 e. The van der Waals surface area contributed by atoms with Crippen LogP contribution in [0.1, 0.15) is 11.1 Å². The number of benzene rings is 2. The van der Waals surface area contributed by atoms with Gasteiger partial charge in [-0.15, -0.1) is 10.2 Å². The molecule has 3 aromatic rings. The minimum atomic E-state index is -0.0851. The van der Waals surface area contributed by atoms with Gasteiger partial charge in [0.25, 0.3) is 0 Å². The molecule has 5 heteroatoms. The second-order valence-corrected chi connectivity index (χ2v) is 5.97. The minimum absolute atomic E-state index is 0.0851. The number of carbonyl (C=O) groups is 1. The first-order valence-electron chi connectivity index (χ1n) is 6.95. The average molecular weight is 309 g/mol. The highest BCUT2D eigenvalue weighted by atomic mass is 32.1. The van der Waals surface area contributed by atoms with Gasteiger partial charge in [-0.1, -0.05) is 65.4 Å². The van der Waals surface area contributed by atoms with Crippen LogP contribution in [0.4, 0.5) is 5.13 Å². The number of hydrogen-bond acceptors (Lipinski definition) is 4. The number of carbonyl (C=O) groups excluding carboxylic acids is 1. The molecule has 0 spiro atoms. The van der Waals surface area contributed by atoms with E-state index in [1.165, 1.54) is 16.9 Å². The van der Waals surface area contributed by atoms with Gasteiger partial charge in [0.15, 0.2) is 0 Å². The number of nitrogens with one attached hydrogen (secondary N) is 1. The standard InChI is InChI=1S/C17H15N3OS/c1-12-6-5-9-14(10-12)16-19-20-17(22-16)18-15(21)11-13-7-3-2-4-8-13/h2-10H,11H2,1H3,(H,18,20,21). The Kier molecular flexibility index (Phi) is 4.25. The first-order valence-corrected chi connectivity index (χ1v) is 7.77. The van der Waals surface area contributed by atoms with Gasteiger partial charge >= 0.3 is 0 Å². The summed E-state index contributed by atoms with van der Waals surface area (Å²) in [4.78, 5) is 12.0. The Morgan fingerprint density at radius 2 is 1.91 bits per heavy atom. The van der Waals surface area contributed by atoms with Crippen molar-refractivity contribution in [3.63, 3.8) is 0 Å². The lowest BCUT2D eigenvalue weighted by atomic mass is 10.1. The first kappa shape index (κ1) is 14.4. The molecule has 1 N–H and O–H groups in total. The molecule has 0 aliphatic rings. The van der Waals surface area contributed by atoms with E-state index >= 15 is 0 Å². The normalized spacial score (nSPS) is 10.4. The van der Waals surface area contributed by atoms with Gasteiger partial charge in [-0.25, -0.2) is 0 Å². The maximum absolute atomic E-state index is 12.0. The van der Waals surface area contributed by atoms with Gasteiger partial charge in [0, 0.05) is 5.56 Å². The third-order valence-electron chi connectivity index (χ3n) is 3.14. The molecule has 1 heterocycles. The van der Waals surface area contributed by atoms with E-state index in [1.54, 1.807) is 0 Å². The maximum atomic E-state index is 12.0. The first-order chi connectivity index (χ1) is 10.7. The summed E-state index contributed by atoms with van der Waals surface area (Å²) in [6, 6.07) is 17.7. The molecule has 0 atom stereocenters. The average Bonchev–Trinajstić information content (AvgIpc) is 2.96. The smallest absolute Gasteiger partial charge is 0.230 e. The molecule has 1 amide bonds. The Bertz CT molecular complexity index is 783. The molecule has 2 aromatic carbocycles. The van der Waals surface area contributed by atoms with E-state index in [4.69, 9.17) is 0 Å². The third kappa shape index (κ3) is 3.56. The lowest BCUT2D eigenvalue weighted by Crippen LogP contribution is -2.14. The van der Waals surface area contributed by atoms with E-state index < -0.39 is 0 Å². The summed E-state index contributed by atoms with van der Waals surface area (Å²) < 4.78 is 0. The fraction of sp³-hybridized carbons (Fsp3) is 0.118. The van der Waals surface area contributed by atoms with E-state index in [0.29, 0.717) is 11.6 Å². The van der Waals surface area contributed by atoms with Crippen molar-refractivity contribution in [2.45, 2.75) is 13.3 Å². The van der Waals surface area contributed by atoms with Crippen molar-refractivity contribution in [1.29, 1.82) is 0 Å². The number of hydrogen-bond donors (Lipinski definition) is 1. The summed E-state index contributed by atoms with van der Waals surface area (Å²) >= 11 is 1.38. The Balaban J connectivity index is 1.68. The van der Waals surface area contributed by atoms with E-state index in [1.807, 2.05) is 55.5 Å². The predicted octanol–water partition coefficient (Wildman–Crippen LogP) is 3.69. The molecule has 0 saturated heterocycles. The Hall–Kier alpha value is -2.53. The van der Waals surface area contributed by atoms with Crippen LogP contribution in [0.5, 0.6) is 0 Å². The van der Waals surface area contributed by atoms with Crippen molar-refractivity contribution in [3.05, 3.63) is 65.7 Å². The third-order valence-corrected chi connectivity index (χ3v) is 4.03. The van der Waals surface area contributed by atoms with Gasteiger partial charge < -0.3 is 5.32 Å². The molecule has 3 rings (SSSR count). The Morgan fingerprint density at radius 1 is 1.09 bits per heavy atom. The zero-order valence-electron chi connectivity index (χ0n) is 12.1. The zero-order chi connectivity index (χ0) is 15.4. The van der Waals surface area contributed by atoms with Crippen LogP contribution in [-0.4, -0.2) is 16.1 Å². The Morgan fingerprint density at radius 3 is 2.68 bits per heavy atom. The zero-order valence-corrected chi connectivity index (χ0v) is 12.9. The molecule has 110 valence electrons. The predicted molar refractivity (Wildman–Crippen MR) is 88.9 cm³/mol. The number of aryl methyl sites for hydroxylation is 1. The van der Waals surface area contributed by atoms with Crippen molar-refractivity contribution in [3.8, 4) is 10.6 Å². The summed E-state index contributed by atoms with van der Waals surface area (Å²) in [6.07, 6.45) is 0.334. The van der Waals surface area contributed by atoms with Crippen LogP contribution in [0.15, 0.2) is 54.6 Å². The molecule has 0 saturated carbocycles. The van der Waals surface area contributed by atoms with Crippen molar-refractivity contribution in [2.75, 3.05) is 5.32 Å². The van der Waals surface area contributed by atoms with Crippen molar-refractivity contribution in [1.82, 2.24) is 10.2 Å². The molecule has 1 aromatic heterocycles. The van der Waals surface area contributed by atoms with Crippen molar-refractivity contribution >= 4 is 22.4 Å². The van der Waals surface area contributed by atoms with Gasteiger partial charge in [-0.3, -0.25) is 4.79 Å². The summed E-state index contributed by atoms with van der Waals surface area (Å²) in [5.41, 5.74) is 3.16. The van der Waals surface area contributed by atoms with Crippen molar-refractivity contribution in [2.24, 2.45) is 0 Å². The number of nitrogens with zero attached hydrogens (tertiary/aromatic N) is 2. The molecule has 0 aliphatic carbocycles. The second kappa shape index (κ2) is 6.49. The summed E-state index contributed by atoms with van der Waals surface area (Å²) in [5.74, 6) is -0.0851. The second-order valence-electron chi connectivity index (χ2n) is 4.99. The van der Waals surface area contributed by atoms with Gasteiger partial charge in [-0.2, -0.15) is 0 Å². The molecule has 22 heavy (non-hydrogen) atoms. The molecule has 4 nitrogen and oxygen atoms in total. The van der Waals surface area contributed by atoms with Crippen LogP contribution in [0.25, 0.3) is 10.6 Å². The van der Waals surface area contributed by atoms with Crippen LogP contribution in [-0.2, 0) is 11.2 Å². The van der Waals surface area contributed by atoms with Gasteiger partial charge in [0.05, 0.1) is 6.42 Å². The largest absolute Gasteiger partial charge is 0.300 e. The summed E-state index contributed by atoms with van der Waals surface area (Å²) in [5, 5.41) is 12.3. The van der Waals surface area contributed by atoms with Gasteiger partial charge in [0.2, 0.25) is 11.0 Å². The van der Waals surface area contributed by atoms with E-state index in [0.717, 1.165) is 16.1 Å². The number of anilines is 1. The molecular formula is C17H15N3OS. The number of amides is 1. The van der Waals surface area contributed by atoms with Crippen molar-refractivity contribution < 1.29 is 4.79 Å². The monoisotopic (exact) mass is 309 g/mol. The SMILES string of the molecule is Cc1cccc(-c2nnc(NC(=O)Cc3ccccc3)s2)c1. The fourth-order valence-corrected chi connectivity index (χ4v) is 2.87. The fourth-order valence-electron chi connectivity index (χ4n) is 2.11. The summed E-state index contributed by atoms with van der Waals surface area (Å²) in [7, 11) is 0. The van der Waals surface area contributed by atoms with Crippen LogP contribution in [0.2, 0.25) is 0 Å². The lowest BCUT2D eigenvalue weighted by Gasteiger charge is -2.01. The molecule has 0 radical (unpaired) electrons. The molecular weight excluding hydrogens is 294 g/mol. The summed E-state index contributed by atoms with van der Waals surface area (Å²) in [6.45, 7) is 2.03. The van der Waals surface area contributed by atoms with E-state index in [-0.39, 0.29) is 5.91 Å². The highest BCUT2D eigenvalue weighted by Gasteiger charge is 2.10. The van der Waals surface area contributed by atoms with Gasteiger partial charge in [-0.05, 0) is 18.6 Å². The van der Waals surface area contributed by atoms with Crippen LogP contribution in [0.3, 0.4) is 0 Å². The molecule has 0 aliphatic heterocycles. The van der Waals surface area contributed by atoms with Crippen LogP contribution in [0, 0.1) is 6.92 Å². The lowest BCUT2D eigenvalue weighted by molar-refractivity contribution is -0.115. The highest BCUT2D eigenvalue weighted by molar-refractivity contribution is 7.18. The quantitative estimate of drug-likeness (QED) is 0.799. The van der Waals surface area contributed by atoms with Gasteiger partial charge in [0.1, 0.15) is 5.01 Å². The van der Waals surface area contributed by atoms with Crippen LogP contribution < -0.4 is 5.32 Å². The molecule has 0 unspecified atom stereocenters. The van der Waals surface area contributed by atoms with E-state index in [2.05, 4.69) is 21.6 Å². The van der Waals surface area contributed by atoms with E-state index in [9.17, 15) is 4.79 Å². The Labute approximate surface area is 132 Å². The number of aromatic nitrogens is 2. The van der Waals surface area contributed by atoms with Crippen LogP contribution >= 0.6 is 11.3 Å². The highest BCUT2D eigenvalue weighted by Crippen LogP contribution is 2.26. The molecule has 0 fully saturated rings.